The van der Waals surface area contributed by atoms with Crippen LogP contribution in [0.15, 0.2) is 204 Å². The number of hydrogen-bond acceptors (Lipinski definition) is 12. The normalized spacial score (nSPS) is 14.7. The zero-order valence-electron chi connectivity index (χ0n) is 74.9. The van der Waals surface area contributed by atoms with Crippen LogP contribution in [-0.2, 0) is 36.5 Å². The molecule has 4 heterocycles. The zero-order valence-corrected chi connectivity index (χ0v) is 78.2. The van der Waals surface area contributed by atoms with Gasteiger partial charge in [0.25, 0.3) is 0 Å². The summed E-state index contributed by atoms with van der Waals surface area (Å²) in [6.07, 6.45) is 34.8. The molecule has 0 amide bonds. The lowest BCUT2D eigenvalue weighted by Gasteiger charge is -2.35. The van der Waals surface area contributed by atoms with Crippen molar-refractivity contribution in [3.63, 3.8) is 0 Å². The zero-order chi connectivity index (χ0) is 87.9. The number of hydrogen-bond donors (Lipinski definition) is 0. The van der Waals surface area contributed by atoms with Gasteiger partial charge < -0.3 is 9.47 Å². The van der Waals surface area contributed by atoms with Gasteiger partial charge in [0, 0.05) is 62.7 Å². The van der Waals surface area contributed by atoms with E-state index in [1.54, 1.807) is 34.8 Å². The molecule has 15 rings (SSSR count). The molecule has 0 aliphatic heterocycles. The Morgan fingerprint density at radius 1 is 0.341 bits per heavy atom. The third-order valence-electron chi connectivity index (χ3n) is 26.9. The van der Waals surface area contributed by atoms with E-state index >= 15 is 0 Å². The van der Waals surface area contributed by atoms with Gasteiger partial charge in [-0.15, -0.1) is 45.3 Å². The van der Waals surface area contributed by atoms with Crippen LogP contribution in [0, 0.1) is 57.2 Å². The number of benzene rings is 7. The molecule has 11 aromatic rings. The van der Waals surface area contributed by atoms with Gasteiger partial charge >= 0.3 is 0 Å². The van der Waals surface area contributed by atoms with E-state index < -0.39 is 10.8 Å². The van der Waals surface area contributed by atoms with Crippen LogP contribution >= 0.6 is 45.3 Å². The van der Waals surface area contributed by atoms with Gasteiger partial charge in [-0.25, -0.2) is 0 Å². The first-order chi connectivity index (χ1) is 61.8. The van der Waals surface area contributed by atoms with Crippen LogP contribution in [-0.4, -0.2) is 24.8 Å². The molecule has 7 aromatic carbocycles. The summed E-state index contributed by atoms with van der Waals surface area (Å²) < 4.78 is 14.6. The lowest BCUT2D eigenvalue weighted by atomic mass is 9.65. The molecule has 4 aromatic heterocycles. The van der Waals surface area contributed by atoms with Gasteiger partial charge in [0.2, 0.25) is 0 Å². The molecule has 0 saturated carbocycles. The van der Waals surface area contributed by atoms with Crippen molar-refractivity contribution in [1.82, 2.24) is 0 Å². The maximum absolute atomic E-state index is 14.9. The highest BCUT2D eigenvalue weighted by Crippen LogP contribution is 2.67. The van der Waals surface area contributed by atoms with E-state index in [4.69, 9.17) is 9.47 Å². The predicted octanol–water partition coefficient (Wildman–Crippen LogP) is 31.8. The number of unbranched alkanes of at least 4 members (excludes halogenated alkanes) is 14. The van der Waals surface area contributed by atoms with Gasteiger partial charge in [-0.3, -0.25) is 9.59 Å². The molecule has 2 atom stereocenters. The van der Waals surface area contributed by atoms with Crippen molar-refractivity contribution in [2.75, 3.05) is 13.2 Å². The molecule has 0 bridgehead atoms. The summed E-state index contributed by atoms with van der Waals surface area (Å²) in [5.41, 5.74) is 18.8. The van der Waals surface area contributed by atoms with E-state index in [9.17, 15) is 30.6 Å². The smallest absolute Gasteiger partial charge is 0.194 e. The van der Waals surface area contributed by atoms with Crippen LogP contribution in [0.25, 0.3) is 63.7 Å². The Morgan fingerprint density at radius 2 is 0.651 bits per heavy atom. The first-order valence-electron chi connectivity index (χ1n) is 47.0. The fourth-order valence-electron chi connectivity index (χ4n) is 19.8. The van der Waals surface area contributed by atoms with Crippen LogP contribution < -0.4 is 9.47 Å². The number of aryl methyl sites for hydroxylation is 4. The molecule has 0 N–H and O–H groups in total. The van der Waals surface area contributed by atoms with Gasteiger partial charge in [0.1, 0.15) is 46.9 Å². The summed E-state index contributed by atoms with van der Waals surface area (Å²) in [6.45, 7) is 19.2. The highest BCUT2D eigenvalue weighted by molar-refractivity contribution is 7.25. The van der Waals surface area contributed by atoms with Crippen molar-refractivity contribution in [3.8, 4) is 76.2 Å². The van der Waals surface area contributed by atoms with E-state index in [-0.39, 0.29) is 22.7 Å². The largest absolute Gasteiger partial charge is 0.492 e. The Labute approximate surface area is 764 Å². The molecular weight excluding hydrogens is 1620 g/mol. The first-order valence-corrected chi connectivity index (χ1v) is 50.3. The van der Waals surface area contributed by atoms with Gasteiger partial charge in [-0.05, 0) is 214 Å². The number of nitriles is 4. The van der Waals surface area contributed by atoms with Crippen molar-refractivity contribution in [3.05, 3.63) is 303 Å². The quantitative estimate of drug-likeness (QED) is 0.0209. The Kier molecular flexibility index (Phi) is 29.8. The van der Waals surface area contributed by atoms with E-state index in [1.807, 2.05) is 71.2 Å². The first kappa shape index (κ1) is 90.0. The number of carbonyl (C=O) groups excluding carboxylic acids is 2. The molecule has 0 radical (unpaired) electrons. The second-order valence-corrected chi connectivity index (χ2v) is 39.4. The van der Waals surface area contributed by atoms with E-state index in [0.717, 1.165) is 143 Å². The topological polar surface area (TPSA) is 148 Å². The maximum atomic E-state index is 14.9. The summed E-state index contributed by atoms with van der Waals surface area (Å²) in [5, 5.41) is 42.3. The third-order valence-corrected chi connectivity index (χ3v) is 31.7. The molecule has 126 heavy (non-hydrogen) atoms. The predicted molar refractivity (Wildman–Crippen MR) is 526 cm³/mol. The van der Waals surface area contributed by atoms with E-state index in [2.05, 4.69) is 213 Å². The van der Waals surface area contributed by atoms with Crippen LogP contribution in [0.4, 0.5) is 0 Å². The highest BCUT2D eigenvalue weighted by atomic mass is 32.1. The van der Waals surface area contributed by atoms with Crippen LogP contribution in [0.3, 0.4) is 0 Å². The van der Waals surface area contributed by atoms with Crippen LogP contribution in [0.5, 0.6) is 11.5 Å². The molecular formula is C114H118N4O4S4. The van der Waals surface area contributed by atoms with Gasteiger partial charge in [-0.2, -0.15) is 21.0 Å². The number of fused-ring (bicyclic) bond motifs is 8. The molecule has 0 fully saturated rings. The summed E-state index contributed by atoms with van der Waals surface area (Å²) in [4.78, 5) is 37.7. The Balaban J connectivity index is 1.02. The molecule has 0 unspecified atom stereocenters. The molecule has 8 nitrogen and oxygen atoms in total. The van der Waals surface area contributed by atoms with Crippen molar-refractivity contribution in [2.24, 2.45) is 11.8 Å². The summed E-state index contributed by atoms with van der Waals surface area (Å²) in [7, 11) is 0. The molecule has 12 heteroatoms. The maximum Gasteiger partial charge on any atom is 0.194 e. The monoisotopic (exact) mass is 1730 g/mol. The standard InChI is InChI=1S/C114H118N4O4S4/c1-9-17-23-27-37-77-45-53-83(54-46-77)113(84-55-47-78(48-56-84)38-28-24-18-10-2)97-65-94-98(66-93(97)109-99(113)67-103(125-109)111-101(121-73-75(15-7)35-21-13-5)63-87(123-111)61-95-105(81(69-115)70-116)89-41-31-33-43-91(89)107(95)119)114(85-57-49-79(50-58-85)39-29-25-19-11-3,86-59-51-80(52-60-86)40-30-26-20-12-4)100-68-104(126-110(94)100)112-102(122-74-76(16-8)36-22-14-6)64-88(124-112)62-96-106(82(71-117)72-118)90-42-32-34-44-92(90)108(96)120/h31-34,41-68,75-76H,9-30,35-40,73-74H2,1-8H3/b95-61-,96-62-/t75-,76+. The minimum absolute atomic E-state index is 0.0974. The Hall–Kier alpha value is -10.8. The summed E-state index contributed by atoms with van der Waals surface area (Å²) in [5.74, 6) is 1.68. The molecule has 642 valence electrons. The van der Waals surface area contributed by atoms with Crippen molar-refractivity contribution < 1.29 is 19.1 Å². The number of carbonyl (C=O) groups is 2. The molecule has 0 saturated heterocycles. The Bertz CT molecular complexity index is 5560. The lowest BCUT2D eigenvalue weighted by Crippen LogP contribution is -2.30. The van der Waals surface area contributed by atoms with E-state index in [1.165, 1.54) is 165 Å². The van der Waals surface area contributed by atoms with Gasteiger partial charge in [-0.1, -0.05) is 317 Å². The fourth-order valence-corrected chi connectivity index (χ4v) is 24.6. The average Bonchev–Trinajstić information content (AvgIpc) is 1.50. The molecule has 0 spiro atoms. The number of thiophene rings is 4. The fraction of sp³-hybridized carbons (Fsp3) is 0.368. The van der Waals surface area contributed by atoms with Crippen LogP contribution in [0.2, 0.25) is 0 Å². The number of nitrogens with zero attached hydrogens (tertiary/aromatic N) is 4. The summed E-state index contributed by atoms with van der Waals surface area (Å²) >= 11 is 6.86. The van der Waals surface area contributed by atoms with Gasteiger partial charge in [0.05, 0.1) is 33.8 Å². The second-order valence-electron chi connectivity index (χ2n) is 35.1. The number of ketones is 2. The lowest BCUT2D eigenvalue weighted by molar-refractivity contribution is 0.103. The number of Topliss-reactive ketones (excluding diaryl/α,β-unsaturated/α-hetero) is 2. The SMILES string of the molecule is CCCCCCc1ccc(C2(c3ccc(CCCCCC)cc3)c3cc4c(cc3-c3sc(-c5sc(/C=C6\C(=O)c7ccccc7C6=C(C#N)C#N)cc5OC[C@H](CC)CCCC)cc32)C(c2ccc(CCCCCC)cc2)(c2ccc(CCCCCC)cc2)c2cc(-c3sc(/C=C5\C(=O)c6ccccc6C5=C(C#N)C#N)cc3OC[C@@H](CC)CCCC)sc2-4)cc1. The number of ether oxygens (including phenoxy) is 2. The van der Waals surface area contributed by atoms with Crippen molar-refractivity contribution >= 4 is 80.2 Å². The molecule has 4 aliphatic carbocycles. The minimum atomic E-state index is -0.879. The highest BCUT2D eigenvalue weighted by Gasteiger charge is 2.54. The minimum Gasteiger partial charge on any atom is -0.492 e. The third kappa shape index (κ3) is 18.0. The number of rotatable bonds is 42. The number of allylic oxidation sites excluding steroid dienone is 6. The summed E-state index contributed by atoms with van der Waals surface area (Å²) in [6, 6.07) is 76.5. The van der Waals surface area contributed by atoms with Crippen LogP contribution in [0.1, 0.15) is 318 Å². The van der Waals surface area contributed by atoms with E-state index in [0.29, 0.717) is 69.6 Å². The van der Waals surface area contributed by atoms with Gasteiger partial charge in [0.15, 0.2) is 11.6 Å². The second kappa shape index (κ2) is 41.8. The Morgan fingerprint density at radius 3 is 0.944 bits per heavy atom. The average molecular weight is 1740 g/mol. The van der Waals surface area contributed by atoms with Crippen molar-refractivity contribution in [1.29, 1.82) is 21.0 Å². The van der Waals surface area contributed by atoms with Crippen molar-refractivity contribution in [2.45, 2.75) is 246 Å². The molecule has 4 aliphatic rings.